The van der Waals surface area contributed by atoms with Crippen molar-refractivity contribution in [1.82, 2.24) is 5.32 Å². The quantitative estimate of drug-likeness (QED) is 0.704. The number of nitrogens with one attached hydrogen (secondary N) is 2. The molecule has 0 aliphatic heterocycles. The van der Waals surface area contributed by atoms with Crippen LogP contribution in [0.4, 0.5) is 28.0 Å². The summed E-state index contributed by atoms with van der Waals surface area (Å²) in [5.74, 6) is -0.403. The molecule has 2 N–H and O–H groups in total. The third-order valence-electron chi connectivity index (χ3n) is 4.03. The van der Waals surface area contributed by atoms with E-state index in [9.17, 15) is 22.4 Å². The predicted octanol–water partition coefficient (Wildman–Crippen LogP) is 5.31. The maximum atomic E-state index is 13.1. The summed E-state index contributed by atoms with van der Waals surface area (Å²) in [5, 5.41) is 4.81. The minimum absolute atomic E-state index is 0.0803. The first kappa shape index (κ1) is 17.5. The molecule has 0 spiro atoms. The van der Waals surface area contributed by atoms with Crippen LogP contribution in [0, 0.1) is 5.82 Å². The molecule has 0 unspecified atom stereocenters. The molecule has 3 rings (SSSR count). The number of carbonyl (C=O) groups is 1. The Morgan fingerprint density at radius 3 is 2.28 bits per heavy atom. The highest BCUT2D eigenvalue weighted by Gasteiger charge is 2.46. The predicted molar refractivity (Wildman–Crippen MR) is 85.9 cm³/mol. The second-order valence-electron chi connectivity index (χ2n) is 5.86. The minimum atomic E-state index is -4.65. The molecule has 2 aromatic rings. The van der Waals surface area contributed by atoms with Crippen LogP contribution in [0.15, 0.2) is 42.5 Å². The van der Waals surface area contributed by atoms with Gasteiger partial charge in [-0.25, -0.2) is 9.18 Å². The van der Waals surface area contributed by atoms with Gasteiger partial charge in [-0.05, 0) is 48.7 Å². The Kier molecular flexibility index (Phi) is 4.36. The van der Waals surface area contributed by atoms with Crippen LogP contribution in [0.25, 0.3) is 0 Å². The molecule has 0 saturated heterocycles. The molecule has 3 nitrogen and oxygen atoms in total. The van der Waals surface area contributed by atoms with Crippen molar-refractivity contribution in [3.05, 3.63) is 64.4 Å². The van der Waals surface area contributed by atoms with Gasteiger partial charge in [0, 0.05) is 5.02 Å². The van der Waals surface area contributed by atoms with E-state index < -0.39 is 29.1 Å². The zero-order valence-electron chi connectivity index (χ0n) is 12.8. The molecule has 8 heteroatoms. The Morgan fingerprint density at radius 2 is 1.72 bits per heavy atom. The molecular weight excluding hydrogens is 360 g/mol. The second-order valence-corrected chi connectivity index (χ2v) is 6.29. The van der Waals surface area contributed by atoms with Crippen molar-refractivity contribution in [3.63, 3.8) is 0 Å². The highest BCUT2D eigenvalue weighted by Crippen LogP contribution is 2.45. The van der Waals surface area contributed by atoms with Gasteiger partial charge in [0.05, 0.1) is 16.8 Å². The summed E-state index contributed by atoms with van der Waals surface area (Å²) in [4.78, 5) is 12.2. The van der Waals surface area contributed by atoms with Crippen LogP contribution >= 0.6 is 11.6 Å². The topological polar surface area (TPSA) is 41.1 Å². The van der Waals surface area contributed by atoms with E-state index in [0.29, 0.717) is 18.4 Å². The van der Waals surface area contributed by atoms with Crippen LogP contribution in [0.2, 0.25) is 5.02 Å². The number of rotatable bonds is 3. The average molecular weight is 373 g/mol. The molecular formula is C17H13ClF4N2O. The largest absolute Gasteiger partial charge is 0.418 e. The van der Waals surface area contributed by atoms with Gasteiger partial charge < -0.3 is 10.6 Å². The number of urea groups is 1. The number of hydrogen-bond donors (Lipinski definition) is 2. The first-order valence-electron chi connectivity index (χ1n) is 7.42. The number of carbonyl (C=O) groups excluding carboxylic acids is 1. The first-order chi connectivity index (χ1) is 11.7. The lowest BCUT2D eigenvalue weighted by molar-refractivity contribution is -0.136. The molecule has 0 heterocycles. The van der Waals surface area contributed by atoms with Gasteiger partial charge in [-0.3, -0.25) is 0 Å². The van der Waals surface area contributed by atoms with Crippen molar-refractivity contribution in [2.45, 2.75) is 24.6 Å². The highest BCUT2D eigenvalue weighted by atomic mass is 35.5. The third kappa shape index (κ3) is 3.87. The van der Waals surface area contributed by atoms with Gasteiger partial charge in [-0.1, -0.05) is 23.7 Å². The maximum absolute atomic E-state index is 13.1. The normalized spacial score (nSPS) is 15.6. The van der Waals surface area contributed by atoms with Gasteiger partial charge in [-0.2, -0.15) is 13.2 Å². The fraction of sp³-hybridized carbons (Fsp3) is 0.235. The summed E-state index contributed by atoms with van der Waals surface area (Å²) in [6, 6.07) is 7.99. The van der Waals surface area contributed by atoms with Crippen LogP contribution in [0.3, 0.4) is 0 Å². The standard InChI is InChI=1S/C17H13ClF4N2O/c18-11-3-6-14(13(9-11)17(20,21)22)23-15(25)24-16(7-8-16)10-1-4-12(19)5-2-10/h1-6,9H,7-8H2,(H2,23,24,25). The summed E-state index contributed by atoms with van der Waals surface area (Å²) < 4.78 is 52.2. The van der Waals surface area contributed by atoms with Crippen LogP contribution in [0.1, 0.15) is 24.0 Å². The van der Waals surface area contributed by atoms with E-state index in [0.717, 1.165) is 12.1 Å². The van der Waals surface area contributed by atoms with Crippen molar-refractivity contribution in [2.75, 3.05) is 5.32 Å². The molecule has 0 aromatic heterocycles. The van der Waals surface area contributed by atoms with E-state index in [4.69, 9.17) is 11.6 Å². The lowest BCUT2D eigenvalue weighted by Gasteiger charge is -2.20. The summed E-state index contributed by atoms with van der Waals surface area (Å²) in [7, 11) is 0. The van der Waals surface area contributed by atoms with Gasteiger partial charge in [0.2, 0.25) is 0 Å². The average Bonchev–Trinajstić information content (AvgIpc) is 3.29. The monoisotopic (exact) mass is 372 g/mol. The zero-order chi connectivity index (χ0) is 18.2. The number of hydrogen-bond acceptors (Lipinski definition) is 1. The second kappa shape index (κ2) is 6.22. The Labute approximate surface area is 146 Å². The molecule has 1 saturated carbocycles. The van der Waals surface area contributed by atoms with E-state index in [2.05, 4.69) is 10.6 Å². The number of benzene rings is 2. The number of alkyl halides is 3. The molecule has 0 radical (unpaired) electrons. The van der Waals surface area contributed by atoms with Crippen molar-refractivity contribution in [1.29, 1.82) is 0 Å². The summed E-state index contributed by atoms with van der Waals surface area (Å²) in [6.07, 6.45) is -3.40. The van der Waals surface area contributed by atoms with E-state index in [1.807, 2.05) is 0 Å². The molecule has 1 fully saturated rings. The van der Waals surface area contributed by atoms with Gasteiger partial charge in [-0.15, -0.1) is 0 Å². The van der Waals surface area contributed by atoms with Gasteiger partial charge in [0.1, 0.15) is 5.82 Å². The van der Waals surface area contributed by atoms with E-state index in [1.54, 1.807) is 12.1 Å². The smallest absolute Gasteiger partial charge is 0.328 e. The number of amides is 2. The SMILES string of the molecule is O=C(Nc1ccc(Cl)cc1C(F)(F)F)NC1(c2ccc(F)cc2)CC1. The molecule has 0 bridgehead atoms. The summed E-state index contributed by atoms with van der Waals surface area (Å²) in [6.45, 7) is 0. The number of halogens is 5. The van der Waals surface area contributed by atoms with Crippen molar-refractivity contribution in [2.24, 2.45) is 0 Å². The van der Waals surface area contributed by atoms with E-state index >= 15 is 0 Å². The zero-order valence-corrected chi connectivity index (χ0v) is 13.5. The lowest BCUT2D eigenvalue weighted by atomic mass is 10.1. The summed E-state index contributed by atoms with van der Waals surface area (Å²) >= 11 is 5.61. The van der Waals surface area contributed by atoms with Crippen molar-refractivity contribution >= 4 is 23.3 Å². The fourth-order valence-corrected chi connectivity index (χ4v) is 2.78. The highest BCUT2D eigenvalue weighted by molar-refractivity contribution is 6.30. The molecule has 1 aliphatic rings. The van der Waals surface area contributed by atoms with Crippen LogP contribution < -0.4 is 10.6 Å². The Morgan fingerprint density at radius 1 is 1.08 bits per heavy atom. The lowest BCUT2D eigenvalue weighted by Crippen LogP contribution is -2.38. The van der Waals surface area contributed by atoms with Crippen LogP contribution in [-0.4, -0.2) is 6.03 Å². The van der Waals surface area contributed by atoms with Crippen molar-refractivity contribution in [3.8, 4) is 0 Å². The molecule has 1 aliphatic carbocycles. The third-order valence-corrected chi connectivity index (χ3v) is 4.27. The minimum Gasteiger partial charge on any atom is -0.328 e. The fourth-order valence-electron chi connectivity index (χ4n) is 2.61. The Balaban J connectivity index is 1.77. The van der Waals surface area contributed by atoms with E-state index in [1.165, 1.54) is 18.2 Å². The molecule has 2 aromatic carbocycles. The van der Waals surface area contributed by atoms with Gasteiger partial charge in [0.15, 0.2) is 0 Å². The van der Waals surface area contributed by atoms with Gasteiger partial charge >= 0.3 is 12.2 Å². The van der Waals surface area contributed by atoms with Crippen molar-refractivity contribution < 1.29 is 22.4 Å². The van der Waals surface area contributed by atoms with Gasteiger partial charge in [0.25, 0.3) is 0 Å². The Bertz CT molecular complexity index is 801. The number of anilines is 1. The molecule has 132 valence electrons. The van der Waals surface area contributed by atoms with Crippen LogP contribution in [0.5, 0.6) is 0 Å². The molecule has 2 amide bonds. The molecule has 25 heavy (non-hydrogen) atoms. The van der Waals surface area contributed by atoms with Crippen LogP contribution in [-0.2, 0) is 11.7 Å². The van der Waals surface area contributed by atoms with E-state index in [-0.39, 0.29) is 10.7 Å². The first-order valence-corrected chi connectivity index (χ1v) is 7.79. The Hall–Kier alpha value is -2.28. The summed E-state index contributed by atoms with van der Waals surface area (Å²) in [5.41, 5.74) is -1.38. The maximum Gasteiger partial charge on any atom is 0.418 e. The molecule has 0 atom stereocenters.